The Morgan fingerprint density at radius 1 is 1.37 bits per heavy atom. The van der Waals surface area contributed by atoms with Gasteiger partial charge in [0.1, 0.15) is 0 Å². The molecule has 0 saturated carbocycles. The molecule has 2 aromatic rings. The van der Waals surface area contributed by atoms with Crippen LogP contribution >= 0.6 is 0 Å². The van der Waals surface area contributed by atoms with Gasteiger partial charge in [-0.15, -0.1) is 0 Å². The third-order valence-electron chi connectivity index (χ3n) is 2.50. The number of hydrogen-bond acceptors (Lipinski definition) is 5. The van der Waals surface area contributed by atoms with Crippen molar-refractivity contribution in [3.8, 4) is 0 Å². The van der Waals surface area contributed by atoms with Gasteiger partial charge in [0.25, 0.3) is 10.0 Å². The molecule has 0 spiro atoms. The molecule has 8 heteroatoms. The zero-order valence-electron chi connectivity index (χ0n) is 10.2. The number of hydrogen-bond donors (Lipinski definition) is 2. The number of nitrogens with two attached hydrogens (primary N) is 1. The molecule has 0 saturated heterocycles. The first-order chi connectivity index (χ1) is 9.09. The molecular weight excluding hydrogens is 266 g/mol. The second-order valence-corrected chi connectivity index (χ2v) is 5.63. The Balaban J connectivity index is 1.90. The number of rotatable bonds is 6. The molecule has 3 N–H and O–H groups in total. The molecule has 0 bridgehead atoms. The van der Waals surface area contributed by atoms with Crippen molar-refractivity contribution in [3.05, 3.63) is 37.1 Å². The number of pyridine rings is 1. The van der Waals surface area contributed by atoms with Crippen molar-refractivity contribution in [2.45, 2.75) is 18.0 Å². The van der Waals surface area contributed by atoms with Gasteiger partial charge in [-0.05, 0) is 18.6 Å². The average Bonchev–Trinajstić information content (AvgIpc) is 2.88. The van der Waals surface area contributed by atoms with Crippen molar-refractivity contribution in [3.63, 3.8) is 0 Å². The van der Waals surface area contributed by atoms with Crippen molar-refractivity contribution < 1.29 is 8.42 Å². The molecule has 0 atom stereocenters. The number of imidazole rings is 1. The highest BCUT2D eigenvalue weighted by molar-refractivity contribution is 7.89. The monoisotopic (exact) mass is 281 g/mol. The zero-order chi connectivity index (χ0) is 13.7. The van der Waals surface area contributed by atoms with Crippen LogP contribution in [0.5, 0.6) is 0 Å². The molecule has 0 aromatic carbocycles. The van der Waals surface area contributed by atoms with E-state index >= 15 is 0 Å². The van der Waals surface area contributed by atoms with E-state index in [1.165, 1.54) is 12.3 Å². The molecule has 0 fully saturated rings. The van der Waals surface area contributed by atoms with Gasteiger partial charge >= 0.3 is 0 Å². The Hall–Kier alpha value is -1.93. The summed E-state index contributed by atoms with van der Waals surface area (Å²) in [6.45, 7) is 1.01. The average molecular weight is 281 g/mol. The zero-order valence-corrected chi connectivity index (χ0v) is 11.0. The number of aromatic nitrogens is 3. The quantitative estimate of drug-likeness (QED) is 0.738. The number of sulfonamides is 1. The van der Waals surface area contributed by atoms with Crippen LogP contribution in [0, 0.1) is 0 Å². The van der Waals surface area contributed by atoms with Gasteiger partial charge in [0.05, 0.1) is 12.0 Å². The van der Waals surface area contributed by atoms with E-state index in [9.17, 15) is 8.42 Å². The van der Waals surface area contributed by atoms with Gasteiger partial charge in [-0.3, -0.25) is 0 Å². The van der Waals surface area contributed by atoms with E-state index in [-0.39, 0.29) is 10.7 Å². The summed E-state index contributed by atoms with van der Waals surface area (Å²) >= 11 is 0. The van der Waals surface area contributed by atoms with Crippen molar-refractivity contribution in [1.82, 2.24) is 19.3 Å². The Morgan fingerprint density at radius 2 is 2.21 bits per heavy atom. The maximum Gasteiger partial charge on any atom is 0.260 e. The first-order valence-electron chi connectivity index (χ1n) is 5.75. The highest BCUT2D eigenvalue weighted by atomic mass is 32.2. The van der Waals surface area contributed by atoms with Crippen LogP contribution in [0.3, 0.4) is 0 Å². The van der Waals surface area contributed by atoms with Crippen LogP contribution in [0.4, 0.5) is 5.69 Å². The highest BCUT2D eigenvalue weighted by Crippen LogP contribution is 2.13. The molecule has 19 heavy (non-hydrogen) atoms. The summed E-state index contributed by atoms with van der Waals surface area (Å²) in [4.78, 5) is 7.69. The number of nitrogens with one attached hydrogen (secondary N) is 1. The van der Waals surface area contributed by atoms with Gasteiger partial charge in [-0.1, -0.05) is 0 Å². The lowest BCUT2D eigenvalue weighted by Gasteiger charge is -2.08. The molecule has 0 aliphatic carbocycles. The largest absolute Gasteiger partial charge is 0.396 e. The van der Waals surface area contributed by atoms with E-state index in [2.05, 4.69) is 14.7 Å². The summed E-state index contributed by atoms with van der Waals surface area (Å²) in [5.41, 5.74) is 5.74. The van der Waals surface area contributed by atoms with E-state index in [0.29, 0.717) is 19.5 Å². The van der Waals surface area contributed by atoms with Gasteiger partial charge < -0.3 is 10.3 Å². The first kappa shape index (κ1) is 13.5. The Morgan fingerprint density at radius 3 is 2.89 bits per heavy atom. The molecule has 0 amide bonds. The Kier molecular flexibility index (Phi) is 4.13. The molecule has 102 valence electrons. The summed E-state index contributed by atoms with van der Waals surface area (Å²) in [7, 11) is -3.64. The summed E-state index contributed by atoms with van der Waals surface area (Å²) < 4.78 is 28.2. The van der Waals surface area contributed by atoms with Gasteiger partial charge in [0.15, 0.2) is 5.03 Å². The van der Waals surface area contributed by atoms with Crippen LogP contribution in [0.1, 0.15) is 6.42 Å². The lowest BCUT2D eigenvalue weighted by Crippen LogP contribution is -2.27. The normalized spacial score (nSPS) is 11.6. The second-order valence-electron chi connectivity index (χ2n) is 3.95. The summed E-state index contributed by atoms with van der Waals surface area (Å²) in [5, 5.41) is -0.127. The number of nitrogen functional groups attached to an aromatic ring is 1. The number of anilines is 1. The van der Waals surface area contributed by atoms with Crippen LogP contribution in [-0.2, 0) is 16.6 Å². The molecule has 2 rings (SSSR count). The van der Waals surface area contributed by atoms with Gasteiger partial charge in [0.2, 0.25) is 0 Å². The van der Waals surface area contributed by atoms with Crippen molar-refractivity contribution in [1.29, 1.82) is 0 Å². The van der Waals surface area contributed by atoms with E-state index in [4.69, 9.17) is 5.73 Å². The highest BCUT2D eigenvalue weighted by Gasteiger charge is 2.17. The van der Waals surface area contributed by atoms with Crippen LogP contribution in [0.2, 0.25) is 0 Å². The van der Waals surface area contributed by atoms with Crippen LogP contribution in [0.25, 0.3) is 0 Å². The molecule has 2 aromatic heterocycles. The molecule has 0 aliphatic rings. The predicted octanol–water partition coefficient (Wildman–Crippen LogP) is 0.229. The van der Waals surface area contributed by atoms with Crippen molar-refractivity contribution in [2.75, 3.05) is 12.3 Å². The van der Waals surface area contributed by atoms with Crippen LogP contribution in [-0.4, -0.2) is 29.5 Å². The first-order valence-corrected chi connectivity index (χ1v) is 7.24. The minimum Gasteiger partial charge on any atom is -0.396 e. The fraction of sp³-hybridized carbons (Fsp3) is 0.273. The number of aryl methyl sites for hydroxylation is 1. The van der Waals surface area contributed by atoms with Gasteiger partial charge in [0, 0.05) is 31.7 Å². The summed E-state index contributed by atoms with van der Waals surface area (Å²) in [5.74, 6) is 0. The van der Waals surface area contributed by atoms with Crippen molar-refractivity contribution >= 4 is 15.7 Å². The maximum atomic E-state index is 11.9. The maximum absolute atomic E-state index is 11.9. The number of nitrogens with zero attached hydrogens (tertiary/aromatic N) is 3. The van der Waals surface area contributed by atoms with E-state index in [1.54, 1.807) is 18.6 Å². The summed E-state index contributed by atoms with van der Waals surface area (Å²) in [6, 6.07) is 3.10. The minimum atomic E-state index is -3.64. The van der Waals surface area contributed by atoms with E-state index in [0.717, 1.165) is 0 Å². The second kappa shape index (κ2) is 5.81. The standard InChI is InChI=1S/C11H15N5O2S/c12-10-3-1-4-14-11(10)19(17,18)15-5-2-7-16-8-6-13-9-16/h1,3-4,6,8-9,15H,2,5,7,12H2. The third kappa shape index (κ3) is 3.52. The molecule has 0 unspecified atom stereocenters. The molecule has 0 aliphatic heterocycles. The lowest BCUT2D eigenvalue weighted by molar-refractivity contribution is 0.567. The molecule has 7 nitrogen and oxygen atoms in total. The third-order valence-corrected chi connectivity index (χ3v) is 3.93. The summed E-state index contributed by atoms with van der Waals surface area (Å²) in [6.07, 6.45) is 7.24. The van der Waals surface area contributed by atoms with Gasteiger partial charge in [-0.2, -0.15) is 0 Å². The topological polar surface area (TPSA) is 103 Å². The van der Waals surface area contributed by atoms with Crippen molar-refractivity contribution in [2.24, 2.45) is 0 Å². The fourth-order valence-electron chi connectivity index (χ4n) is 1.58. The Bertz CT molecular complexity index is 624. The predicted molar refractivity (Wildman–Crippen MR) is 70.7 cm³/mol. The Labute approximate surface area is 111 Å². The van der Waals surface area contributed by atoms with E-state index in [1.807, 2.05) is 10.8 Å². The van der Waals surface area contributed by atoms with Crippen LogP contribution < -0.4 is 10.5 Å². The lowest BCUT2D eigenvalue weighted by atomic mass is 10.4. The molecule has 0 radical (unpaired) electrons. The molecular formula is C11H15N5O2S. The molecule has 2 heterocycles. The SMILES string of the molecule is Nc1cccnc1S(=O)(=O)NCCCn1ccnc1. The van der Waals surface area contributed by atoms with E-state index < -0.39 is 10.0 Å². The fourth-order valence-corrected chi connectivity index (χ4v) is 2.71. The minimum absolute atomic E-state index is 0.127. The van der Waals surface area contributed by atoms with Crippen LogP contribution in [0.15, 0.2) is 42.1 Å². The smallest absolute Gasteiger partial charge is 0.260 e. The van der Waals surface area contributed by atoms with Gasteiger partial charge in [-0.25, -0.2) is 23.1 Å².